The second-order valence-electron chi connectivity index (χ2n) is 9.97. The number of alkyl halides is 3. The van der Waals surface area contributed by atoms with Crippen LogP contribution in [0.1, 0.15) is 62.4 Å². The molecule has 184 valence electrons. The van der Waals surface area contributed by atoms with E-state index in [-0.39, 0.29) is 30.6 Å². The molecule has 2 heterocycles. The van der Waals surface area contributed by atoms with Crippen molar-refractivity contribution in [1.29, 1.82) is 0 Å². The second kappa shape index (κ2) is 9.58. The third-order valence-corrected chi connectivity index (χ3v) is 6.19. The Kier molecular flexibility index (Phi) is 6.92. The van der Waals surface area contributed by atoms with Gasteiger partial charge in [0.25, 0.3) is 0 Å². The molecule has 0 amide bonds. The molecule has 2 aromatic carbocycles. The predicted molar refractivity (Wildman–Crippen MR) is 123 cm³/mol. The van der Waals surface area contributed by atoms with Gasteiger partial charge in [-0.2, -0.15) is 13.2 Å². The van der Waals surface area contributed by atoms with E-state index in [4.69, 9.17) is 9.47 Å². The van der Waals surface area contributed by atoms with E-state index in [1.807, 2.05) is 51.1 Å². The fraction of sp³-hybridized carbons (Fsp3) is 0.500. The zero-order valence-corrected chi connectivity index (χ0v) is 19.6. The van der Waals surface area contributed by atoms with Crippen molar-refractivity contribution in [3.05, 3.63) is 65.2 Å². The zero-order valence-electron chi connectivity index (χ0n) is 19.6. The molecular formula is C26H31F3N2O3. The van der Waals surface area contributed by atoms with Gasteiger partial charge in [0.1, 0.15) is 5.60 Å². The van der Waals surface area contributed by atoms with E-state index in [0.717, 1.165) is 24.5 Å². The van der Waals surface area contributed by atoms with Crippen LogP contribution in [-0.2, 0) is 20.4 Å². The van der Waals surface area contributed by atoms with Gasteiger partial charge in [0, 0.05) is 23.7 Å². The van der Waals surface area contributed by atoms with Gasteiger partial charge < -0.3 is 20.1 Å². The number of hydrogen-bond donors (Lipinski definition) is 2. The van der Waals surface area contributed by atoms with E-state index in [9.17, 15) is 18.0 Å². The minimum Gasteiger partial charge on any atom is -0.459 e. The van der Waals surface area contributed by atoms with E-state index >= 15 is 0 Å². The normalized spacial score (nSPS) is 24.5. The van der Waals surface area contributed by atoms with Crippen molar-refractivity contribution in [3.8, 4) is 0 Å². The summed E-state index contributed by atoms with van der Waals surface area (Å²) < 4.78 is 52.0. The van der Waals surface area contributed by atoms with Crippen LogP contribution in [0, 0.1) is 5.92 Å². The Balaban J connectivity index is 1.53. The summed E-state index contributed by atoms with van der Waals surface area (Å²) in [5.74, 6) is -0.368. The van der Waals surface area contributed by atoms with Crippen LogP contribution in [0.15, 0.2) is 48.5 Å². The van der Waals surface area contributed by atoms with E-state index in [2.05, 4.69) is 10.6 Å². The molecule has 4 rings (SSSR count). The van der Waals surface area contributed by atoms with Crippen molar-refractivity contribution in [2.45, 2.75) is 63.6 Å². The molecule has 0 aliphatic carbocycles. The van der Waals surface area contributed by atoms with E-state index in [1.54, 1.807) is 0 Å². The molecule has 2 N–H and O–H groups in total. The standard InChI is InChI=1S/C26H31F3N2O3/c1-25(2,3)34-22(32)15-30-14-18-10-11-19-23(16-7-5-4-6-8-16)31-21-12-9-17(26(27,28)29)13-20(21)24(19)33-18/h4-9,12-13,18-19,23-24,30-31H,10-11,14-15H2,1-3H3/t18-,19+,23+,24+/m1/s1. The Hall–Kier alpha value is -2.58. The molecule has 2 aliphatic heterocycles. The molecule has 5 nitrogen and oxygen atoms in total. The minimum atomic E-state index is -4.43. The highest BCUT2D eigenvalue weighted by molar-refractivity contribution is 5.72. The van der Waals surface area contributed by atoms with Gasteiger partial charge in [-0.1, -0.05) is 30.3 Å². The maximum atomic E-state index is 13.4. The van der Waals surface area contributed by atoms with Crippen LogP contribution in [0.5, 0.6) is 0 Å². The molecule has 4 atom stereocenters. The van der Waals surface area contributed by atoms with Crippen molar-refractivity contribution < 1.29 is 27.4 Å². The Labute approximate surface area is 198 Å². The average molecular weight is 477 g/mol. The predicted octanol–water partition coefficient (Wildman–Crippen LogP) is 5.64. The molecule has 1 saturated heterocycles. The maximum absolute atomic E-state index is 13.4. The van der Waals surface area contributed by atoms with Gasteiger partial charge in [0.05, 0.1) is 30.4 Å². The molecule has 1 fully saturated rings. The number of benzene rings is 2. The number of esters is 1. The first-order chi connectivity index (χ1) is 16.0. The van der Waals surface area contributed by atoms with Gasteiger partial charge in [-0.15, -0.1) is 0 Å². The summed E-state index contributed by atoms with van der Waals surface area (Å²) in [6.45, 7) is 5.89. The van der Waals surface area contributed by atoms with Crippen molar-refractivity contribution >= 4 is 11.7 Å². The highest BCUT2D eigenvalue weighted by atomic mass is 19.4. The smallest absolute Gasteiger partial charge is 0.416 e. The van der Waals surface area contributed by atoms with Gasteiger partial charge in [-0.05, 0) is 57.4 Å². The number of anilines is 1. The second-order valence-corrected chi connectivity index (χ2v) is 9.97. The number of fused-ring (bicyclic) bond motifs is 3. The number of hydrogen-bond acceptors (Lipinski definition) is 5. The van der Waals surface area contributed by atoms with Crippen LogP contribution in [0.25, 0.3) is 0 Å². The van der Waals surface area contributed by atoms with Crippen LogP contribution in [-0.4, -0.2) is 30.8 Å². The Morgan fingerprint density at radius 3 is 2.53 bits per heavy atom. The quantitative estimate of drug-likeness (QED) is 0.547. The molecule has 0 aromatic heterocycles. The topological polar surface area (TPSA) is 59.6 Å². The molecule has 2 aliphatic rings. The monoisotopic (exact) mass is 476 g/mol. The SMILES string of the molecule is CC(C)(C)OC(=O)CNC[C@H]1CC[C@@H]2[C@H](O1)c1cc(C(F)(F)F)ccc1N[C@H]2c1ccccc1. The number of halogens is 3. The number of ether oxygens (including phenoxy) is 2. The molecule has 0 saturated carbocycles. The summed E-state index contributed by atoms with van der Waals surface area (Å²) >= 11 is 0. The van der Waals surface area contributed by atoms with Crippen LogP contribution in [0.4, 0.5) is 18.9 Å². The summed E-state index contributed by atoms with van der Waals surface area (Å²) in [6.07, 6.45) is -3.61. The lowest BCUT2D eigenvalue weighted by molar-refractivity contribution is -0.153. The van der Waals surface area contributed by atoms with Gasteiger partial charge >= 0.3 is 12.1 Å². The van der Waals surface area contributed by atoms with Crippen LogP contribution in [0.2, 0.25) is 0 Å². The third-order valence-electron chi connectivity index (χ3n) is 6.19. The Morgan fingerprint density at radius 1 is 1.12 bits per heavy atom. The fourth-order valence-electron chi connectivity index (χ4n) is 4.79. The third kappa shape index (κ3) is 5.73. The van der Waals surface area contributed by atoms with E-state index < -0.39 is 23.4 Å². The van der Waals surface area contributed by atoms with Crippen molar-refractivity contribution in [3.63, 3.8) is 0 Å². The number of carbonyl (C=O) groups is 1. The maximum Gasteiger partial charge on any atom is 0.416 e. The first-order valence-electron chi connectivity index (χ1n) is 11.6. The highest BCUT2D eigenvalue weighted by Crippen LogP contribution is 2.51. The Bertz CT molecular complexity index is 1000. The fourth-order valence-corrected chi connectivity index (χ4v) is 4.79. The van der Waals surface area contributed by atoms with Crippen LogP contribution in [0.3, 0.4) is 0 Å². The van der Waals surface area contributed by atoms with Crippen LogP contribution < -0.4 is 10.6 Å². The molecular weight excluding hydrogens is 445 g/mol. The molecule has 0 bridgehead atoms. The van der Waals surface area contributed by atoms with E-state index in [0.29, 0.717) is 17.8 Å². The first-order valence-corrected chi connectivity index (χ1v) is 11.6. The first kappa shape index (κ1) is 24.5. The lowest BCUT2D eigenvalue weighted by Crippen LogP contribution is -2.43. The minimum absolute atomic E-state index is 0.0134. The lowest BCUT2D eigenvalue weighted by Gasteiger charge is -2.46. The van der Waals surface area contributed by atoms with Crippen molar-refractivity contribution in [2.24, 2.45) is 5.92 Å². The van der Waals surface area contributed by atoms with Gasteiger partial charge in [-0.25, -0.2) is 0 Å². The number of nitrogens with one attached hydrogen (secondary N) is 2. The van der Waals surface area contributed by atoms with Crippen molar-refractivity contribution in [2.75, 3.05) is 18.4 Å². The Morgan fingerprint density at radius 2 is 1.85 bits per heavy atom. The van der Waals surface area contributed by atoms with Crippen LogP contribution >= 0.6 is 0 Å². The summed E-state index contributed by atoms with van der Waals surface area (Å²) in [4.78, 5) is 12.0. The van der Waals surface area contributed by atoms with E-state index in [1.165, 1.54) is 12.1 Å². The molecule has 8 heteroatoms. The lowest BCUT2D eigenvalue weighted by atomic mass is 9.76. The van der Waals surface area contributed by atoms with Crippen molar-refractivity contribution in [1.82, 2.24) is 5.32 Å². The largest absolute Gasteiger partial charge is 0.459 e. The van der Waals surface area contributed by atoms with Gasteiger partial charge in [-0.3, -0.25) is 4.79 Å². The summed E-state index contributed by atoms with van der Waals surface area (Å²) in [7, 11) is 0. The van der Waals surface area contributed by atoms with Gasteiger partial charge in [0.15, 0.2) is 0 Å². The number of rotatable bonds is 5. The zero-order chi connectivity index (χ0) is 24.5. The number of carbonyl (C=O) groups excluding carboxylic acids is 1. The summed E-state index contributed by atoms with van der Waals surface area (Å²) in [5.41, 5.74) is 1.02. The summed E-state index contributed by atoms with van der Waals surface area (Å²) in [6, 6.07) is 13.7. The molecule has 0 radical (unpaired) electrons. The van der Waals surface area contributed by atoms with Gasteiger partial charge in [0.2, 0.25) is 0 Å². The molecule has 34 heavy (non-hydrogen) atoms. The summed E-state index contributed by atoms with van der Waals surface area (Å²) in [5, 5.41) is 6.54. The highest BCUT2D eigenvalue weighted by Gasteiger charge is 2.43. The molecule has 0 unspecified atom stereocenters. The average Bonchev–Trinajstić information content (AvgIpc) is 2.77. The molecule has 0 spiro atoms. The molecule has 2 aromatic rings.